The van der Waals surface area contributed by atoms with Crippen molar-refractivity contribution in [3.63, 3.8) is 0 Å². The van der Waals surface area contributed by atoms with Gasteiger partial charge in [-0.1, -0.05) is 26.2 Å². The number of aromatic nitrogens is 3. The van der Waals surface area contributed by atoms with Gasteiger partial charge < -0.3 is 24.0 Å². The van der Waals surface area contributed by atoms with Gasteiger partial charge in [0.2, 0.25) is 0 Å². The Kier molecular flexibility index (Phi) is 8.63. The Bertz CT molecular complexity index is 517. The molecule has 0 amide bonds. The first-order chi connectivity index (χ1) is 9.31. The maximum atomic E-state index is 4.44. The Morgan fingerprint density at radius 2 is 2.10 bits per heavy atom. The minimum Gasteiger partial charge on any atom is -1.00 e. The second-order valence-electron chi connectivity index (χ2n) is 4.59. The molecule has 0 saturated heterocycles. The summed E-state index contributed by atoms with van der Waals surface area (Å²) in [5.74, 6) is 1.14. The molecule has 0 N–H and O–H groups in total. The molecule has 2 aromatic rings. The van der Waals surface area contributed by atoms with E-state index in [1.54, 1.807) is 0 Å². The molecule has 0 aliphatic carbocycles. The van der Waals surface area contributed by atoms with Crippen molar-refractivity contribution in [3.8, 4) is 11.3 Å². The lowest BCUT2D eigenvalue weighted by Crippen LogP contribution is -3.00. The maximum absolute atomic E-state index is 4.44. The Labute approximate surface area is 146 Å². The highest BCUT2D eigenvalue weighted by atomic mass is 127. The van der Waals surface area contributed by atoms with E-state index in [2.05, 4.69) is 27.9 Å². The molecule has 3 nitrogen and oxygen atoms in total. The van der Waals surface area contributed by atoms with E-state index < -0.39 is 0 Å². The molecule has 0 aliphatic heterocycles. The summed E-state index contributed by atoms with van der Waals surface area (Å²) in [4.78, 5) is 0. The average Bonchev–Trinajstić information content (AvgIpc) is 2.87. The minimum atomic E-state index is 0. The lowest BCUT2D eigenvalue weighted by Gasteiger charge is -2.00. The smallest absolute Gasteiger partial charge is 0.178 e. The monoisotopic (exact) mass is 421 g/mol. The van der Waals surface area contributed by atoms with Crippen LogP contribution in [-0.2, 0) is 7.05 Å². The van der Waals surface area contributed by atoms with E-state index in [9.17, 15) is 0 Å². The fourth-order valence-corrected chi connectivity index (χ4v) is 3.56. The third-order valence-electron chi connectivity index (χ3n) is 2.91. The first-order valence-corrected chi connectivity index (χ1v) is 8.44. The number of thioether (sulfide) groups is 1. The van der Waals surface area contributed by atoms with Crippen LogP contribution in [0.3, 0.4) is 0 Å². The Morgan fingerprint density at radius 3 is 2.85 bits per heavy atom. The zero-order valence-electron chi connectivity index (χ0n) is 11.9. The molecule has 2 aromatic heterocycles. The van der Waals surface area contributed by atoms with Crippen LogP contribution in [0.5, 0.6) is 0 Å². The van der Waals surface area contributed by atoms with E-state index in [0.29, 0.717) is 0 Å². The van der Waals surface area contributed by atoms with Crippen molar-refractivity contribution in [2.45, 2.75) is 37.6 Å². The molecule has 20 heavy (non-hydrogen) atoms. The molecule has 0 atom stereocenters. The standard InChI is InChI=1S/C14H20N3S2.HI/c1-3-4-5-6-10-18-14-13(15-19-16-14)12-8-7-9-17(2)11-12;/h7-9,11H,3-6,10H2,1-2H3;1H/q+1;/p-1. The number of aryl methyl sites for hydroxylation is 1. The molecule has 0 unspecified atom stereocenters. The van der Waals surface area contributed by atoms with Gasteiger partial charge in [0.25, 0.3) is 0 Å². The number of pyridine rings is 1. The van der Waals surface area contributed by atoms with Gasteiger partial charge in [-0.3, -0.25) is 0 Å². The number of rotatable bonds is 7. The van der Waals surface area contributed by atoms with Crippen LogP contribution in [0.25, 0.3) is 11.3 Å². The molecule has 6 heteroatoms. The van der Waals surface area contributed by atoms with E-state index in [4.69, 9.17) is 0 Å². The molecule has 2 rings (SSSR count). The highest BCUT2D eigenvalue weighted by molar-refractivity contribution is 7.99. The highest BCUT2D eigenvalue weighted by Crippen LogP contribution is 2.29. The van der Waals surface area contributed by atoms with E-state index in [0.717, 1.165) is 22.0 Å². The van der Waals surface area contributed by atoms with Crippen molar-refractivity contribution in [3.05, 3.63) is 24.5 Å². The summed E-state index contributed by atoms with van der Waals surface area (Å²) in [6, 6.07) is 4.14. The van der Waals surface area contributed by atoms with E-state index in [1.807, 2.05) is 35.6 Å². The van der Waals surface area contributed by atoms with Crippen molar-refractivity contribution in [1.29, 1.82) is 0 Å². The first kappa shape index (κ1) is 17.8. The van der Waals surface area contributed by atoms with Crippen molar-refractivity contribution in [1.82, 2.24) is 8.75 Å². The quantitative estimate of drug-likeness (QED) is 0.286. The number of nitrogens with zero attached hydrogens (tertiary/aromatic N) is 3. The summed E-state index contributed by atoms with van der Waals surface area (Å²) >= 11 is 3.14. The molecule has 0 aliphatic rings. The van der Waals surface area contributed by atoms with E-state index >= 15 is 0 Å². The summed E-state index contributed by atoms with van der Waals surface area (Å²) in [7, 11) is 2.03. The van der Waals surface area contributed by atoms with Crippen LogP contribution in [0, 0.1) is 0 Å². The molecule has 0 fully saturated rings. The lowest BCUT2D eigenvalue weighted by molar-refractivity contribution is -0.671. The number of hydrogen-bond donors (Lipinski definition) is 0. The zero-order chi connectivity index (χ0) is 13.5. The van der Waals surface area contributed by atoms with Crippen LogP contribution >= 0.6 is 23.5 Å². The topological polar surface area (TPSA) is 29.7 Å². The molecule has 0 bridgehead atoms. The fraction of sp³-hybridized carbons (Fsp3) is 0.500. The summed E-state index contributed by atoms with van der Waals surface area (Å²) in [5.41, 5.74) is 2.18. The van der Waals surface area contributed by atoms with E-state index in [1.165, 1.54) is 37.4 Å². The lowest BCUT2D eigenvalue weighted by atomic mass is 10.2. The van der Waals surface area contributed by atoms with Gasteiger partial charge >= 0.3 is 0 Å². The number of halogens is 1. The van der Waals surface area contributed by atoms with Crippen LogP contribution < -0.4 is 28.5 Å². The summed E-state index contributed by atoms with van der Waals surface area (Å²) in [5, 5.41) is 1.08. The first-order valence-electron chi connectivity index (χ1n) is 6.72. The van der Waals surface area contributed by atoms with E-state index in [-0.39, 0.29) is 24.0 Å². The van der Waals surface area contributed by atoms with Crippen LogP contribution in [-0.4, -0.2) is 14.5 Å². The maximum Gasteiger partial charge on any atom is 0.178 e. The fourth-order valence-electron chi connectivity index (χ4n) is 1.88. The normalized spacial score (nSPS) is 10.3. The van der Waals surface area contributed by atoms with Gasteiger partial charge in [-0.25, -0.2) is 4.57 Å². The van der Waals surface area contributed by atoms with Crippen molar-refractivity contribution < 1.29 is 28.5 Å². The predicted octanol–water partition coefficient (Wildman–Crippen LogP) is 0.706. The second kappa shape index (κ2) is 9.68. The molecule has 0 aromatic carbocycles. The van der Waals surface area contributed by atoms with Gasteiger partial charge in [0.05, 0.1) is 17.3 Å². The van der Waals surface area contributed by atoms with Crippen molar-refractivity contribution >= 4 is 23.5 Å². The van der Waals surface area contributed by atoms with Gasteiger partial charge in [-0.2, -0.15) is 8.75 Å². The van der Waals surface area contributed by atoms with Crippen molar-refractivity contribution in [2.24, 2.45) is 7.05 Å². The largest absolute Gasteiger partial charge is 1.00 e. The van der Waals surface area contributed by atoms with Gasteiger partial charge in [-0.15, -0.1) is 11.8 Å². The van der Waals surface area contributed by atoms with Gasteiger partial charge in [0.1, 0.15) is 17.8 Å². The molecule has 0 spiro atoms. The third-order valence-corrected chi connectivity index (χ3v) is 4.60. The Morgan fingerprint density at radius 1 is 1.25 bits per heavy atom. The SMILES string of the molecule is CCCCCCSc1nsnc1-c1ccc[n+](C)c1.[I-]. The van der Waals surface area contributed by atoms with Crippen LogP contribution in [0.1, 0.15) is 32.6 Å². The predicted molar refractivity (Wildman–Crippen MR) is 81.4 cm³/mol. The summed E-state index contributed by atoms with van der Waals surface area (Å²) < 4.78 is 10.9. The molecule has 2 heterocycles. The third kappa shape index (κ3) is 5.29. The zero-order valence-corrected chi connectivity index (χ0v) is 15.7. The van der Waals surface area contributed by atoms with Gasteiger partial charge in [-0.05, 0) is 18.2 Å². The molecule has 0 saturated carbocycles. The average molecular weight is 421 g/mol. The Balaban J connectivity index is 0.00000200. The van der Waals surface area contributed by atoms with Crippen LogP contribution in [0.15, 0.2) is 29.6 Å². The molecule has 110 valence electrons. The molecule has 0 radical (unpaired) electrons. The minimum absolute atomic E-state index is 0. The van der Waals surface area contributed by atoms with Crippen molar-refractivity contribution in [2.75, 3.05) is 5.75 Å². The van der Waals surface area contributed by atoms with Crippen LogP contribution in [0.2, 0.25) is 0 Å². The number of hydrogen-bond acceptors (Lipinski definition) is 4. The number of unbranched alkanes of at least 4 members (excludes halogenated alkanes) is 3. The van der Waals surface area contributed by atoms with Gasteiger partial charge in [0.15, 0.2) is 12.4 Å². The van der Waals surface area contributed by atoms with Gasteiger partial charge in [0, 0.05) is 6.07 Å². The highest BCUT2D eigenvalue weighted by Gasteiger charge is 2.13. The molecular formula is C14H20IN3S2. The summed E-state index contributed by atoms with van der Waals surface area (Å²) in [6.07, 6.45) is 9.32. The summed E-state index contributed by atoms with van der Waals surface area (Å²) in [6.45, 7) is 2.24. The molecular weight excluding hydrogens is 401 g/mol. The Hall–Kier alpha value is -0.210. The second-order valence-corrected chi connectivity index (χ2v) is 6.20. The van der Waals surface area contributed by atoms with Crippen LogP contribution in [0.4, 0.5) is 0 Å².